The van der Waals surface area contributed by atoms with Crippen LogP contribution in [-0.4, -0.2) is 34.2 Å². The first-order valence-corrected chi connectivity index (χ1v) is 9.36. The Labute approximate surface area is 162 Å². The van der Waals surface area contributed by atoms with Crippen LogP contribution >= 0.6 is 11.6 Å². The van der Waals surface area contributed by atoms with E-state index < -0.39 is 0 Å². The first-order chi connectivity index (χ1) is 13.2. The van der Waals surface area contributed by atoms with E-state index in [9.17, 15) is 4.79 Å². The van der Waals surface area contributed by atoms with Crippen molar-refractivity contribution in [2.24, 2.45) is 0 Å². The maximum Gasteiger partial charge on any atom is 0.255 e. The lowest BCUT2D eigenvalue weighted by Crippen LogP contribution is -2.24. The van der Waals surface area contributed by atoms with Crippen molar-refractivity contribution >= 4 is 23.3 Å². The standard InChI is InChI=1S/C20H20ClN5O/c21-16-5-3-15(4-6-16)19-17(13-24-25-19)20(27)23-12-14-7-8-22-18(11-14)26-9-1-2-10-26/h3-8,11,13H,1-2,9-10,12H2,(H,23,27)(H,24,25). The number of nitrogens with one attached hydrogen (secondary N) is 2. The first kappa shape index (κ1) is 17.5. The molecule has 1 aliphatic rings. The summed E-state index contributed by atoms with van der Waals surface area (Å²) in [7, 11) is 0. The van der Waals surface area contributed by atoms with E-state index in [2.05, 4.69) is 25.4 Å². The van der Waals surface area contributed by atoms with Gasteiger partial charge >= 0.3 is 0 Å². The molecule has 0 bridgehead atoms. The smallest absolute Gasteiger partial charge is 0.255 e. The fourth-order valence-corrected chi connectivity index (χ4v) is 3.39. The van der Waals surface area contributed by atoms with Crippen molar-refractivity contribution < 1.29 is 4.79 Å². The number of carbonyl (C=O) groups is 1. The van der Waals surface area contributed by atoms with Crippen molar-refractivity contribution in [1.82, 2.24) is 20.5 Å². The Bertz CT molecular complexity index is 932. The molecule has 1 fully saturated rings. The van der Waals surface area contributed by atoms with Gasteiger partial charge in [-0.3, -0.25) is 9.89 Å². The van der Waals surface area contributed by atoms with Gasteiger partial charge in [-0.15, -0.1) is 0 Å². The molecular formula is C20H20ClN5O. The van der Waals surface area contributed by atoms with Gasteiger partial charge in [0.2, 0.25) is 0 Å². The highest BCUT2D eigenvalue weighted by atomic mass is 35.5. The monoisotopic (exact) mass is 381 g/mol. The van der Waals surface area contributed by atoms with Gasteiger partial charge in [-0.2, -0.15) is 5.10 Å². The summed E-state index contributed by atoms with van der Waals surface area (Å²) >= 11 is 5.94. The molecule has 2 N–H and O–H groups in total. The number of aromatic nitrogens is 3. The zero-order valence-corrected chi connectivity index (χ0v) is 15.5. The van der Waals surface area contributed by atoms with E-state index in [1.165, 1.54) is 12.8 Å². The molecule has 1 aromatic carbocycles. The lowest BCUT2D eigenvalue weighted by molar-refractivity contribution is 0.0951. The minimum absolute atomic E-state index is 0.173. The van der Waals surface area contributed by atoms with E-state index >= 15 is 0 Å². The Hall–Kier alpha value is -2.86. The Morgan fingerprint density at radius 2 is 1.96 bits per heavy atom. The van der Waals surface area contributed by atoms with Gasteiger partial charge in [0.25, 0.3) is 5.91 Å². The van der Waals surface area contributed by atoms with Gasteiger partial charge in [0, 0.05) is 36.4 Å². The quantitative estimate of drug-likeness (QED) is 0.707. The number of pyridine rings is 1. The molecule has 0 atom stereocenters. The predicted octanol–water partition coefficient (Wildman–Crippen LogP) is 3.66. The molecule has 0 saturated carbocycles. The molecule has 2 aromatic heterocycles. The van der Waals surface area contributed by atoms with Gasteiger partial charge in [-0.25, -0.2) is 4.98 Å². The molecule has 0 aliphatic carbocycles. The second-order valence-electron chi connectivity index (χ2n) is 6.56. The minimum atomic E-state index is -0.173. The molecular weight excluding hydrogens is 362 g/mol. The van der Waals surface area contributed by atoms with Crippen LogP contribution in [-0.2, 0) is 6.54 Å². The Morgan fingerprint density at radius 3 is 2.74 bits per heavy atom. The van der Waals surface area contributed by atoms with Gasteiger partial charge in [0.15, 0.2) is 0 Å². The van der Waals surface area contributed by atoms with Crippen LogP contribution in [0, 0.1) is 0 Å². The van der Waals surface area contributed by atoms with Crippen molar-refractivity contribution in [1.29, 1.82) is 0 Å². The van der Waals surface area contributed by atoms with Gasteiger partial charge in [0.1, 0.15) is 5.82 Å². The van der Waals surface area contributed by atoms with Crippen LogP contribution in [0.3, 0.4) is 0 Å². The molecule has 1 aliphatic heterocycles. The second-order valence-corrected chi connectivity index (χ2v) is 7.00. The molecule has 0 unspecified atom stereocenters. The summed E-state index contributed by atoms with van der Waals surface area (Å²) in [6.07, 6.45) is 5.75. The number of hydrogen-bond acceptors (Lipinski definition) is 4. The molecule has 0 spiro atoms. The van der Waals surface area contributed by atoms with Crippen molar-refractivity contribution in [3.05, 3.63) is 64.9 Å². The van der Waals surface area contributed by atoms with Crippen LogP contribution in [0.2, 0.25) is 5.02 Å². The van der Waals surface area contributed by atoms with Crippen molar-refractivity contribution in [2.75, 3.05) is 18.0 Å². The normalized spacial score (nSPS) is 13.7. The third kappa shape index (κ3) is 3.95. The fraction of sp³-hybridized carbons (Fsp3) is 0.250. The average Bonchev–Trinajstić information content (AvgIpc) is 3.39. The second kappa shape index (κ2) is 7.80. The molecule has 3 heterocycles. The van der Waals surface area contributed by atoms with E-state index in [1.54, 1.807) is 24.5 Å². The molecule has 6 nitrogen and oxygen atoms in total. The number of nitrogens with zero attached hydrogens (tertiary/aromatic N) is 3. The largest absolute Gasteiger partial charge is 0.357 e. The van der Waals surface area contributed by atoms with E-state index in [4.69, 9.17) is 11.6 Å². The minimum Gasteiger partial charge on any atom is -0.357 e. The summed E-state index contributed by atoms with van der Waals surface area (Å²) in [5.41, 5.74) is 3.07. The summed E-state index contributed by atoms with van der Waals surface area (Å²) in [5.74, 6) is 0.803. The lowest BCUT2D eigenvalue weighted by atomic mass is 10.1. The average molecular weight is 382 g/mol. The first-order valence-electron chi connectivity index (χ1n) is 8.98. The summed E-state index contributed by atoms with van der Waals surface area (Å²) in [5, 5.41) is 10.5. The Balaban J connectivity index is 1.45. The number of rotatable bonds is 5. The summed E-state index contributed by atoms with van der Waals surface area (Å²) in [4.78, 5) is 19.4. The van der Waals surface area contributed by atoms with Crippen LogP contribution < -0.4 is 10.2 Å². The van der Waals surface area contributed by atoms with E-state index in [0.29, 0.717) is 22.8 Å². The highest BCUT2D eigenvalue weighted by Gasteiger charge is 2.16. The van der Waals surface area contributed by atoms with Crippen molar-refractivity contribution in [3.8, 4) is 11.3 Å². The topological polar surface area (TPSA) is 73.9 Å². The van der Waals surface area contributed by atoms with Crippen molar-refractivity contribution in [3.63, 3.8) is 0 Å². The number of H-pyrrole nitrogens is 1. The molecule has 138 valence electrons. The maximum absolute atomic E-state index is 12.7. The third-order valence-corrected chi connectivity index (χ3v) is 4.96. The van der Waals surface area contributed by atoms with Gasteiger partial charge in [0.05, 0.1) is 17.5 Å². The van der Waals surface area contributed by atoms with E-state index in [-0.39, 0.29) is 5.91 Å². The zero-order valence-electron chi connectivity index (χ0n) is 14.8. The molecule has 4 rings (SSSR count). The SMILES string of the molecule is O=C(NCc1ccnc(N2CCCC2)c1)c1cn[nH]c1-c1ccc(Cl)cc1. The third-order valence-electron chi connectivity index (χ3n) is 4.71. The van der Waals surface area contributed by atoms with Crippen LogP contribution in [0.15, 0.2) is 48.8 Å². The van der Waals surface area contributed by atoms with E-state index in [0.717, 1.165) is 30.0 Å². The van der Waals surface area contributed by atoms with Gasteiger partial charge in [-0.1, -0.05) is 23.7 Å². The van der Waals surface area contributed by atoms with Crippen LogP contribution in [0.4, 0.5) is 5.82 Å². The number of aromatic amines is 1. The molecule has 1 amide bonds. The van der Waals surface area contributed by atoms with Crippen molar-refractivity contribution in [2.45, 2.75) is 19.4 Å². The lowest BCUT2D eigenvalue weighted by Gasteiger charge is -2.17. The van der Waals surface area contributed by atoms with Crippen LogP contribution in [0.5, 0.6) is 0 Å². The van der Waals surface area contributed by atoms with Crippen LogP contribution in [0.1, 0.15) is 28.8 Å². The number of anilines is 1. The van der Waals surface area contributed by atoms with Gasteiger partial charge < -0.3 is 10.2 Å². The highest BCUT2D eigenvalue weighted by Crippen LogP contribution is 2.23. The Morgan fingerprint density at radius 1 is 1.19 bits per heavy atom. The number of hydrogen-bond donors (Lipinski definition) is 2. The molecule has 0 radical (unpaired) electrons. The zero-order chi connectivity index (χ0) is 18.6. The predicted molar refractivity (Wildman–Crippen MR) is 106 cm³/mol. The molecule has 1 saturated heterocycles. The number of carbonyl (C=O) groups excluding carboxylic acids is 1. The maximum atomic E-state index is 12.7. The molecule has 7 heteroatoms. The fourth-order valence-electron chi connectivity index (χ4n) is 3.26. The molecule has 3 aromatic rings. The number of halogens is 1. The number of benzene rings is 1. The summed E-state index contributed by atoms with van der Waals surface area (Å²) in [6, 6.07) is 11.3. The Kier molecular flexibility index (Phi) is 5.07. The number of amides is 1. The van der Waals surface area contributed by atoms with E-state index in [1.807, 2.05) is 24.3 Å². The summed E-state index contributed by atoms with van der Waals surface area (Å²) in [6.45, 7) is 2.53. The van der Waals surface area contributed by atoms with Gasteiger partial charge in [-0.05, 0) is 42.7 Å². The van der Waals surface area contributed by atoms with Crippen LogP contribution in [0.25, 0.3) is 11.3 Å². The molecule has 27 heavy (non-hydrogen) atoms. The highest BCUT2D eigenvalue weighted by molar-refractivity contribution is 6.30. The summed E-state index contributed by atoms with van der Waals surface area (Å²) < 4.78 is 0.